The first kappa shape index (κ1) is 10.8. The summed E-state index contributed by atoms with van der Waals surface area (Å²) in [5.74, 6) is -3.91. The van der Waals surface area contributed by atoms with Crippen LogP contribution in [-0.2, 0) is 9.59 Å². The third kappa shape index (κ3) is 1.66. The molecule has 1 aliphatic rings. The smallest absolute Gasteiger partial charge is 0.471 e. The van der Waals surface area contributed by atoms with Gasteiger partial charge in [-0.05, 0) is 0 Å². The van der Waals surface area contributed by atoms with Crippen molar-refractivity contribution in [3.63, 3.8) is 0 Å². The van der Waals surface area contributed by atoms with Crippen LogP contribution in [0.15, 0.2) is 0 Å². The lowest BCUT2D eigenvalue weighted by molar-refractivity contribution is -0.199. The number of carbonyl (C=O) groups is 2. The Kier molecular flexibility index (Phi) is 2.43. The number of aliphatic carboxylic acids is 1. The molecular formula is C7H8F3NO3. The van der Waals surface area contributed by atoms with E-state index in [1.54, 1.807) is 0 Å². The summed E-state index contributed by atoms with van der Waals surface area (Å²) in [6, 6.07) is -1.34. The van der Waals surface area contributed by atoms with Gasteiger partial charge in [0, 0.05) is 12.5 Å². The monoisotopic (exact) mass is 211 g/mol. The summed E-state index contributed by atoms with van der Waals surface area (Å²) < 4.78 is 35.7. The average molecular weight is 211 g/mol. The third-order valence-electron chi connectivity index (χ3n) is 2.12. The van der Waals surface area contributed by atoms with Crippen LogP contribution >= 0.6 is 0 Å². The molecule has 1 heterocycles. The SMILES string of the molecule is C[C@@H]1CN(C(=O)C(F)(F)F)[C@@H]1C(=O)O. The lowest BCUT2D eigenvalue weighted by Gasteiger charge is -2.43. The van der Waals surface area contributed by atoms with Crippen LogP contribution in [0.25, 0.3) is 0 Å². The number of carboxylic acids is 1. The number of halogens is 3. The summed E-state index contributed by atoms with van der Waals surface area (Å²) in [7, 11) is 0. The first-order chi connectivity index (χ1) is 6.25. The normalized spacial score (nSPS) is 27.0. The molecule has 1 saturated heterocycles. The van der Waals surface area contributed by atoms with E-state index in [2.05, 4.69) is 0 Å². The van der Waals surface area contributed by atoms with E-state index in [4.69, 9.17) is 5.11 Å². The molecule has 0 aliphatic carbocycles. The molecule has 0 saturated carbocycles. The van der Waals surface area contributed by atoms with Crippen LogP contribution in [0.5, 0.6) is 0 Å². The Morgan fingerprint density at radius 2 is 1.93 bits per heavy atom. The van der Waals surface area contributed by atoms with Crippen molar-refractivity contribution >= 4 is 11.9 Å². The Hall–Kier alpha value is -1.27. The van der Waals surface area contributed by atoms with Crippen molar-refractivity contribution in [2.24, 2.45) is 5.92 Å². The number of likely N-dealkylation sites (tertiary alicyclic amines) is 1. The van der Waals surface area contributed by atoms with Crippen molar-refractivity contribution in [1.82, 2.24) is 4.90 Å². The lowest BCUT2D eigenvalue weighted by Crippen LogP contribution is -2.63. The highest BCUT2D eigenvalue weighted by Gasteiger charge is 2.52. The van der Waals surface area contributed by atoms with E-state index in [-0.39, 0.29) is 6.54 Å². The minimum atomic E-state index is -4.99. The van der Waals surface area contributed by atoms with Crippen LogP contribution in [0.4, 0.5) is 13.2 Å². The van der Waals surface area contributed by atoms with Gasteiger partial charge in [-0.2, -0.15) is 13.2 Å². The highest BCUT2D eigenvalue weighted by atomic mass is 19.4. The Morgan fingerprint density at radius 1 is 1.43 bits per heavy atom. The molecule has 0 unspecified atom stereocenters. The molecule has 0 spiro atoms. The standard InChI is InChI=1S/C7H8F3NO3/c1-3-2-11(4(3)5(12)13)6(14)7(8,9)10/h3-4H,2H2,1H3,(H,12,13)/t3-,4+/m1/s1. The van der Waals surface area contributed by atoms with E-state index in [0.29, 0.717) is 4.90 Å². The second-order valence-electron chi connectivity index (χ2n) is 3.22. The molecular weight excluding hydrogens is 203 g/mol. The van der Waals surface area contributed by atoms with Gasteiger partial charge in [-0.1, -0.05) is 6.92 Å². The summed E-state index contributed by atoms with van der Waals surface area (Å²) in [5.41, 5.74) is 0. The maximum absolute atomic E-state index is 11.9. The Labute approximate surface area is 77.3 Å². The maximum Gasteiger partial charge on any atom is 0.471 e. The summed E-state index contributed by atoms with van der Waals surface area (Å²) >= 11 is 0. The molecule has 1 N–H and O–H groups in total. The van der Waals surface area contributed by atoms with Crippen LogP contribution in [0.2, 0.25) is 0 Å². The second-order valence-corrected chi connectivity index (χ2v) is 3.22. The Bertz CT molecular complexity index is 276. The first-order valence-electron chi connectivity index (χ1n) is 3.85. The second kappa shape index (κ2) is 3.14. The van der Waals surface area contributed by atoms with E-state index >= 15 is 0 Å². The van der Waals surface area contributed by atoms with E-state index in [1.807, 2.05) is 0 Å². The van der Waals surface area contributed by atoms with Gasteiger partial charge in [0.25, 0.3) is 0 Å². The predicted molar refractivity (Wildman–Crippen MR) is 38.4 cm³/mol. The van der Waals surface area contributed by atoms with Gasteiger partial charge in [0.05, 0.1) is 0 Å². The fraction of sp³-hybridized carbons (Fsp3) is 0.714. The molecule has 4 nitrogen and oxygen atoms in total. The zero-order valence-corrected chi connectivity index (χ0v) is 7.21. The van der Waals surface area contributed by atoms with Crippen molar-refractivity contribution in [3.8, 4) is 0 Å². The van der Waals surface area contributed by atoms with E-state index in [1.165, 1.54) is 6.92 Å². The molecule has 0 bridgehead atoms. The highest BCUT2D eigenvalue weighted by molar-refractivity contribution is 5.88. The molecule has 1 aliphatic heterocycles. The molecule has 1 fully saturated rings. The average Bonchev–Trinajstić information content (AvgIpc) is 1.95. The number of amides is 1. The van der Waals surface area contributed by atoms with Crippen molar-refractivity contribution in [2.45, 2.75) is 19.1 Å². The molecule has 80 valence electrons. The Balaban J connectivity index is 2.73. The molecule has 0 aromatic heterocycles. The molecule has 2 atom stereocenters. The molecule has 7 heteroatoms. The third-order valence-corrected chi connectivity index (χ3v) is 2.12. The summed E-state index contributed by atoms with van der Waals surface area (Å²) in [6.07, 6.45) is -4.99. The van der Waals surface area contributed by atoms with Crippen LogP contribution in [0.1, 0.15) is 6.92 Å². The van der Waals surface area contributed by atoms with Crippen LogP contribution in [-0.4, -0.2) is 40.6 Å². The number of hydrogen-bond acceptors (Lipinski definition) is 2. The molecule has 1 amide bonds. The zero-order chi connectivity index (χ0) is 11.1. The summed E-state index contributed by atoms with van der Waals surface area (Å²) in [5, 5.41) is 8.53. The van der Waals surface area contributed by atoms with Crippen molar-refractivity contribution in [2.75, 3.05) is 6.54 Å². The molecule has 1 rings (SSSR count). The minimum Gasteiger partial charge on any atom is -0.480 e. The number of nitrogens with zero attached hydrogens (tertiary/aromatic N) is 1. The lowest BCUT2D eigenvalue weighted by atomic mass is 9.90. The first-order valence-corrected chi connectivity index (χ1v) is 3.85. The van der Waals surface area contributed by atoms with Gasteiger partial charge in [-0.3, -0.25) is 4.79 Å². The van der Waals surface area contributed by atoms with Gasteiger partial charge in [-0.25, -0.2) is 4.79 Å². The fourth-order valence-electron chi connectivity index (χ4n) is 1.44. The highest BCUT2D eigenvalue weighted by Crippen LogP contribution is 2.30. The zero-order valence-electron chi connectivity index (χ0n) is 7.21. The summed E-state index contributed by atoms with van der Waals surface area (Å²) in [6.45, 7) is 1.33. The fourth-order valence-corrected chi connectivity index (χ4v) is 1.44. The Morgan fingerprint density at radius 3 is 2.21 bits per heavy atom. The van der Waals surface area contributed by atoms with Gasteiger partial charge in [0.15, 0.2) is 0 Å². The molecule has 0 aromatic rings. The van der Waals surface area contributed by atoms with Gasteiger partial charge in [0.1, 0.15) is 6.04 Å². The summed E-state index contributed by atoms with van der Waals surface area (Å²) in [4.78, 5) is 21.4. The number of rotatable bonds is 1. The van der Waals surface area contributed by atoms with Gasteiger partial charge >= 0.3 is 18.1 Å². The van der Waals surface area contributed by atoms with Crippen LogP contribution < -0.4 is 0 Å². The van der Waals surface area contributed by atoms with Crippen molar-refractivity contribution in [1.29, 1.82) is 0 Å². The maximum atomic E-state index is 11.9. The van der Waals surface area contributed by atoms with Gasteiger partial charge < -0.3 is 10.0 Å². The van der Waals surface area contributed by atoms with Crippen molar-refractivity contribution < 1.29 is 27.9 Å². The number of hydrogen-bond donors (Lipinski definition) is 1. The molecule has 0 radical (unpaired) electrons. The molecule has 0 aromatic carbocycles. The number of carboxylic acid groups (broad SMARTS) is 1. The topological polar surface area (TPSA) is 57.6 Å². The number of carbonyl (C=O) groups excluding carboxylic acids is 1. The van der Waals surface area contributed by atoms with Crippen LogP contribution in [0.3, 0.4) is 0 Å². The van der Waals surface area contributed by atoms with Crippen LogP contribution in [0, 0.1) is 5.92 Å². The van der Waals surface area contributed by atoms with Gasteiger partial charge in [-0.15, -0.1) is 0 Å². The van der Waals surface area contributed by atoms with E-state index < -0.39 is 30.0 Å². The predicted octanol–water partition coefficient (Wildman–Crippen LogP) is 0.480. The van der Waals surface area contributed by atoms with Crippen molar-refractivity contribution in [3.05, 3.63) is 0 Å². The number of alkyl halides is 3. The largest absolute Gasteiger partial charge is 0.480 e. The van der Waals surface area contributed by atoms with Gasteiger partial charge in [0.2, 0.25) is 0 Å². The van der Waals surface area contributed by atoms with E-state index in [9.17, 15) is 22.8 Å². The minimum absolute atomic E-state index is 0.157. The quantitative estimate of drug-likeness (QED) is 0.686. The molecule has 14 heavy (non-hydrogen) atoms. The van der Waals surface area contributed by atoms with E-state index in [0.717, 1.165) is 0 Å².